The van der Waals surface area contributed by atoms with E-state index in [4.69, 9.17) is 4.74 Å². The van der Waals surface area contributed by atoms with Gasteiger partial charge in [0, 0.05) is 31.5 Å². The number of hydrogen-bond donors (Lipinski definition) is 1. The van der Waals surface area contributed by atoms with E-state index in [0.29, 0.717) is 6.54 Å². The Morgan fingerprint density at radius 2 is 2.20 bits per heavy atom. The van der Waals surface area contributed by atoms with Gasteiger partial charge in [-0.3, -0.25) is 4.98 Å². The molecule has 1 N–H and O–H groups in total. The van der Waals surface area contributed by atoms with E-state index in [1.54, 1.807) is 13.3 Å². The van der Waals surface area contributed by atoms with E-state index in [2.05, 4.69) is 16.4 Å². The summed E-state index contributed by atoms with van der Waals surface area (Å²) < 4.78 is 5.44. The fourth-order valence-corrected chi connectivity index (χ4v) is 3.40. The van der Waals surface area contributed by atoms with Crippen molar-refractivity contribution >= 4 is 6.03 Å². The first-order valence-corrected chi connectivity index (χ1v) is 8.83. The molecule has 1 unspecified atom stereocenters. The molecule has 1 aliphatic rings. The molecule has 1 fully saturated rings. The van der Waals surface area contributed by atoms with Crippen LogP contribution >= 0.6 is 0 Å². The number of para-hydroxylation sites is 1. The van der Waals surface area contributed by atoms with Crippen LogP contribution in [0.25, 0.3) is 0 Å². The lowest BCUT2D eigenvalue weighted by Gasteiger charge is -2.25. The number of methoxy groups -OCH3 is 1. The number of urea groups is 1. The summed E-state index contributed by atoms with van der Waals surface area (Å²) in [6.07, 6.45) is 7.32. The Labute approximate surface area is 149 Å². The number of carbonyl (C=O) groups is 1. The zero-order valence-electron chi connectivity index (χ0n) is 14.6. The van der Waals surface area contributed by atoms with Gasteiger partial charge in [-0.05, 0) is 48.9 Å². The number of benzene rings is 1. The molecule has 2 heterocycles. The Hall–Kier alpha value is -2.56. The average Bonchev–Trinajstić information content (AvgIpc) is 3.11. The Morgan fingerprint density at radius 1 is 1.32 bits per heavy atom. The number of likely N-dealkylation sites (tertiary alicyclic amines) is 1. The van der Waals surface area contributed by atoms with Crippen LogP contribution in [-0.2, 0) is 12.8 Å². The quantitative estimate of drug-likeness (QED) is 0.880. The molecular weight excluding hydrogens is 314 g/mol. The van der Waals surface area contributed by atoms with Crippen molar-refractivity contribution in [1.29, 1.82) is 0 Å². The molecule has 1 saturated heterocycles. The monoisotopic (exact) mass is 339 g/mol. The molecule has 1 aromatic heterocycles. The highest BCUT2D eigenvalue weighted by Crippen LogP contribution is 2.25. The molecule has 2 amide bonds. The van der Waals surface area contributed by atoms with Crippen molar-refractivity contribution in [1.82, 2.24) is 15.2 Å². The van der Waals surface area contributed by atoms with Crippen LogP contribution in [0.1, 0.15) is 24.0 Å². The van der Waals surface area contributed by atoms with Gasteiger partial charge in [0.05, 0.1) is 7.11 Å². The van der Waals surface area contributed by atoms with Crippen molar-refractivity contribution in [2.75, 3.05) is 20.2 Å². The predicted molar refractivity (Wildman–Crippen MR) is 97.8 cm³/mol. The lowest BCUT2D eigenvalue weighted by Crippen LogP contribution is -2.44. The summed E-state index contributed by atoms with van der Waals surface area (Å²) in [7, 11) is 1.69. The lowest BCUT2D eigenvalue weighted by atomic mass is 10.0. The summed E-state index contributed by atoms with van der Waals surface area (Å²) in [4.78, 5) is 18.6. The standard InChI is InChI=1S/C20H25N3O2/c1-25-19-9-3-2-7-17(19)14-18-8-5-13-23(18)20(24)22-12-10-16-6-4-11-21-15-16/h2-4,6-7,9,11,15,18H,5,8,10,12-14H2,1H3,(H,22,24). The molecule has 2 aromatic rings. The Bertz CT molecular complexity index is 690. The van der Waals surface area contributed by atoms with Crippen LogP contribution in [0.15, 0.2) is 48.8 Å². The van der Waals surface area contributed by atoms with Crippen molar-refractivity contribution in [3.05, 3.63) is 59.9 Å². The number of nitrogens with zero attached hydrogens (tertiary/aromatic N) is 2. The van der Waals surface area contributed by atoms with E-state index in [-0.39, 0.29) is 12.1 Å². The summed E-state index contributed by atoms with van der Waals surface area (Å²) in [6.45, 7) is 1.45. The van der Waals surface area contributed by atoms with Crippen molar-refractivity contribution in [2.45, 2.75) is 31.7 Å². The summed E-state index contributed by atoms with van der Waals surface area (Å²) >= 11 is 0. The van der Waals surface area contributed by atoms with E-state index in [1.165, 1.54) is 0 Å². The molecule has 0 aliphatic carbocycles. The Morgan fingerprint density at radius 3 is 3.00 bits per heavy atom. The first-order chi connectivity index (χ1) is 12.3. The van der Waals surface area contributed by atoms with E-state index in [9.17, 15) is 4.79 Å². The SMILES string of the molecule is COc1ccccc1CC1CCCN1C(=O)NCCc1cccnc1. The molecule has 5 heteroatoms. The minimum absolute atomic E-state index is 0.0290. The minimum atomic E-state index is 0.0290. The molecule has 1 aromatic carbocycles. The topological polar surface area (TPSA) is 54.5 Å². The fraction of sp³-hybridized carbons (Fsp3) is 0.400. The molecule has 1 aliphatic heterocycles. The highest BCUT2D eigenvalue weighted by molar-refractivity contribution is 5.75. The highest BCUT2D eigenvalue weighted by Gasteiger charge is 2.29. The van der Waals surface area contributed by atoms with Gasteiger partial charge in [-0.25, -0.2) is 4.79 Å². The normalized spacial score (nSPS) is 16.7. The number of amides is 2. The largest absolute Gasteiger partial charge is 0.496 e. The molecule has 0 saturated carbocycles. The second-order valence-electron chi connectivity index (χ2n) is 6.35. The molecule has 0 bridgehead atoms. The maximum Gasteiger partial charge on any atom is 0.317 e. The second-order valence-corrected chi connectivity index (χ2v) is 6.35. The van der Waals surface area contributed by atoms with Gasteiger partial charge in [-0.15, -0.1) is 0 Å². The summed E-state index contributed by atoms with van der Waals surface area (Å²) in [5.41, 5.74) is 2.29. The zero-order valence-corrected chi connectivity index (χ0v) is 14.6. The van der Waals surface area contributed by atoms with E-state index >= 15 is 0 Å². The summed E-state index contributed by atoms with van der Waals surface area (Å²) in [6, 6.07) is 12.2. The number of nitrogens with one attached hydrogen (secondary N) is 1. The number of ether oxygens (including phenoxy) is 1. The van der Waals surface area contributed by atoms with E-state index in [1.807, 2.05) is 41.4 Å². The van der Waals surface area contributed by atoms with Crippen molar-refractivity contribution in [3.63, 3.8) is 0 Å². The van der Waals surface area contributed by atoms with E-state index in [0.717, 1.165) is 49.1 Å². The maximum atomic E-state index is 12.6. The summed E-state index contributed by atoms with van der Waals surface area (Å²) in [5, 5.41) is 3.05. The zero-order chi connectivity index (χ0) is 17.5. The van der Waals surface area contributed by atoms with Crippen LogP contribution in [-0.4, -0.2) is 42.2 Å². The number of pyridine rings is 1. The molecule has 3 rings (SSSR count). The molecule has 25 heavy (non-hydrogen) atoms. The predicted octanol–water partition coefficient (Wildman–Crippen LogP) is 3.05. The smallest absolute Gasteiger partial charge is 0.317 e. The van der Waals surface area contributed by atoms with Gasteiger partial charge in [0.1, 0.15) is 5.75 Å². The Balaban J connectivity index is 1.54. The number of rotatable bonds is 6. The summed E-state index contributed by atoms with van der Waals surface area (Å²) in [5.74, 6) is 0.895. The lowest BCUT2D eigenvalue weighted by molar-refractivity contribution is 0.192. The van der Waals surface area contributed by atoms with Crippen molar-refractivity contribution in [3.8, 4) is 5.75 Å². The molecule has 5 nitrogen and oxygen atoms in total. The molecule has 1 atom stereocenters. The third-order valence-corrected chi connectivity index (χ3v) is 4.70. The highest BCUT2D eigenvalue weighted by atomic mass is 16.5. The van der Waals surface area contributed by atoms with Gasteiger partial charge in [0.15, 0.2) is 0 Å². The van der Waals surface area contributed by atoms with Crippen LogP contribution in [0.4, 0.5) is 4.79 Å². The van der Waals surface area contributed by atoms with Crippen LogP contribution in [0.5, 0.6) is 5.75 Å². The van der Waals surface area contributed by atoms with E-state index < -0.39 is 0 Å². The second kappa shape index (κ2) is 8.51. The molecular formula is C20H25N3O2. The number of aromatic nitrogens is 1. The maximum absolute atomic E-state index is 12.6. The number of hydrogen-bond acceptors (Lipinski definition) is 3. The third-order valence-electron chi connectivity index (χ3n) is 4.70. The molecule has 0 spiro atoms. The third kappa shape index (κ3) is 4.50. The van der Waals surface area contributed by atoms with Gasteiger partial charge >= 0.3 is 6.03 Å². The Kier molecular flexibility index (Phi) is 5.88. The first-order valence-electron chi connectivity index (χ1n) is 8.83. The number of carbonyl (C=O) groups excluding carboxylic acids is 1. The van der Waals surface area contributed by atoms with Crippen molar-refractivity contribution in [2.24, 2.45) is 0 Å². The average molecular weight is 339 g/mol. The van der Waals surface area contributed by atoms with Crippen LogP contribution in [0.2, 0.25) is 0 Å². The van der Waals surface area contributed by atoms with Crippen LogP contribution in [0.3, 0.4) is 0 Å². The van der Waals surface area contributed by atoms with Gasteiger partial charge in [-0.2, -0.15) is 0 Å². The van der Waals surface area contributed by atoms with Gasteiger partial charge in [-0.1, -0.05) is 24.3 Å². The van der Waals surface area contributed by atoms with Gasteiger partial charge in [0.2, 0.25) is 0 Å². The van der Waals surface area contributed by atoms with Crippen LogP contribution in [0, 0.1) is 0 Å². The molecule has 0 radical (unpaired) electrons. The van der Waals surface area contributed by atoms with Crippen molar-refractivity contribution < 1.29 is 9.53 Å². The molecule has 132 valence electrons. The first kappa shape index (κ1) is 17.3. The van der Waals surface area contributed by atoms with Gasteiger partial charge in [0.25, 0.3) is 0 Å². The van der Waals surface area contributed by atoms with Crippen LogP contribution < -0.4 is 10.1 Å². The van der Waals surface area contributed by atoms with Gasteiger partial charge < -0.3 is 15.0 Å². The fourth-order valence-electron chi connectivity index (χ4n) is 3.40. The minimum Gasteiger partial charge on any atom is -0.496 e.